The van der Waals surface area contributed by atoms with Crippen LogP contribution in [0.25, 0.3) is 22.3 Å². The molecule has 3 aromatic heterocycles. The van der Waals surface area contributed by atoms with E-state index in [1.807, 2.05) is 6.92 Å². The van der Waals surface area contributed by atoms with Gasteiger partial charge in [-0.05, 0) is 31.0 Å². The largest absolute Gasteiger partial charge is 0.493 e. The zero-order valence-electron chi connectivity index (χ0n) is 18.9. The van der Waals surface area contributed by atoms with Gasteiger partial charge in [-0.2, -0.15) is 0 Å². The summed E-state index contributed by atoms with van der Waals surface area (Å²) in [6.07, 6.45) is 4.91. The van der Waals surface area contributed by atoms with E-state index in [-0.39, 0.29) is 22.2 Å². The summed E-state index contributed by atoms with van der Waals surface area (Å²) in [5.41, 5.74) is 2.90. The molecule has 0 fully saturated rings. The third-order valence-corrected chi connectivity index (χ3v) is 5.40. The van der Waals surface area contributed by atoms with Crippen molar-refractivity contribution in [2.45, 2.75) is 13.3 Å². The lowest BCUT2D eigenvalue weighted by Crippen LogP contribution is -2.22. The number of benzene rings is 1. The van der Waals surface area contributed by atoms with Gasteiger partial charge in [-0.3, -0.25) is 9.78 Å². The first-order chi connectivity index (χ1) is 16.4. The maximum Gasteiger partial charge on any atom is 0.271 e. The van der Waals surface area contributed by atoms with Crippen molar-refractivity contribution in [1.82, 2.24) is 29.8 Å². The van der Waals surface area contributed by atoms with Crippen LogP contribution in [0.15, 0.2) is 37.1 Å². The number of fused-ring (bicyclic) bond motifs is 1. The molecule has 9 nitrogen and oxygen atoms in total. The number of nitrogens with one attached hydrogen (secondary N) is 2. The van der Waals surface area contributed by atoms with Crippen molar-refractivity contribution in [3.05, 3.63) is 59.1 Å². The molecule has 3 heterocycles. The highest BCUT2D eigenvalue weighted by atomic mass is 35.5. The summed E-state index contributed by atoms with van der Waals surface area (Å²) in [7, 11) is 3.28. The summed E-state index contributed by atoms with van der Waals surface area (Å²) < 4.78 is 21.1. The van der Waals surface area contributed by atoms with E-state index in [0.717, 1.165) is 5.56 Å². The summed E-state index contributed by atoms with van der Waals surface area (Å²) in [5, 5.41) is 3.22. The minimum Gasteiger partial charge on any atom is -0.493 e. The monoisotopic (exact) mass is 483 g/mol. The van der Waals surface area contributed by atoms with E-state index in [2.05, 4.69) is 30.2 Å². The molecule has 0 aliphatic heterocycles. The van der Waals surface area contributed by atoms with Crippen LogP contribution in [-0.4, -0.2) is 63.0 Å². The number of rotatable bonds is 8. The number of aromatic amines is 1. The highest BCUT2D eigenvalue weighted by molar-refractivity contribution is 6.31. The number of halogens is 2. The van der Waals surface area contributed by atoms with Crippen LogP contribution in [0.5, 0.6) is 5.75 Å². The van der Waals surface area contributed by atoms with Gasteiger partial charge in [0.15, 0.2) is 17.3 Å². The van der Waals surface area contributed by atoms with E-state index in [1.54, 1.807) is 38.6 Å². The predicted molar refractivity (Wildman–Crippen MR) is 128 cm³/mol. The Balaban J connectivity index is 1.64. The predicted octanol–water partition coefficient (Wildman–Crippen LogP) is 3.96. The second-order valence-corrected chi connectivity index (χ2v) is 8.01. The molecular weight excluding hydrogens is 461 g/mol. The summed E-state index contributed by atoms with van der Waals surface area (Å²) in [4.78, 5) is 33.3. The number of imidazole rings is 1. The Hall–Kier alpha value is -3.79. The standard InChI is InChI=1S/C23H23ClFN7O2/c1-4-34-20-13(7-8-26-21-19-22(29-11-28-19)31-12-30-21)9-15(24)18(25)17(20)14-5-6-16(27-10-14)23(33)32(2)3/h5-6,9-12H,4,7-8H2,1-3H3,(H2,26,28,29,30,31). The molecule has 0 saturated carbocycles. The third kappa shape index (κ3) is 4.62. The van der Waals surface area contributed by atoms with Gasteiger partial charge in [0.2, 0.25) is 0 Å². The molecule has 1 aromatic carbocycles. The average Bonchev–Trinajstić information content (AvgIpc) is 3.32. The molecule has 0 atom stereocenters. The van der Waals surface area contributed by atoms with Gasteiger partial charge in [0, 0.05) is 32.4 Å². The van der Waals surface area contributed by atoms with E-state index in [0.29, 0.717) is 47.9 Å². The molecule has 4 aromatic rings. The highest BCUT2D eigenvalue weighted by Gasteiger charge is 2.21. The number of hydrogen-bond acceptors (Lipinski definition) is 7. The second kappa shape index (κ2) is 10.0. The van der Waals surface area contributed by atoms with Crippen molar-refractivity contribution in [3.63, 3.8) is 0 Å². The molecule has 2 N–H and O–H groups in total. The van der Waals surface area contributed by atoms with E-state index >= 15 is 4.39 Å². The van der Waals surface area contributed by atoms with Crippen LogP contribution in [0.2, 0.25) is 5.02 Å². The second-order valence-electron chi connectivity index (χ2n) is 7.60. The lowest BCUT2D eigenvalue weighted by Gasteiger charge is -2.18. The number of pyridine rings is 1. The molecule has 34 heavy (non-hydrogen) atoms. The molecule has 0 aliphatic rings. The van der Waals surface area contributed by atoms with Crippen LogP contribution in [0, 0.1) is 5.82 Å². The molecule has 0 aliphatic carbocycles. The minimum absolute atomic E-state index is 0.0279. The number of H-pyrrole nitrogens is 1. The summed E-state index contributed by atoms with van der Waals surface area (Å²) >= 11 is 6.26. The normalized spacial score (nSPS) is 11.0. The number of nitrogens with zero attached hydrogens (tertiary/aromatic N) is 5. The molecule has 0 spiro atoms. The third-order valence-electron chi connectivity index (χ3n) is 5.12. The van der Waals surface area contributed by atoms with E-state index in [9.17, 15) is 4.79 Å². The quantitative estimate of drug-likeness (QED) is 0.390. The Morgan fingerprint density at radius 2 is 2.06 bits per heavy atom. The Kier molecular flexibility index (Phi) is 6.87. The zero-order chi connectivity index (χ0) is 24.2. The Labute approximate surface area is 200 Å². The van der Waals surface area contributed by atoms with Gasteiger partial charge < -0.3 is 19.9 Å². The number of carbonyl (C=O) groups excluding carboxylic acids is 1. The maximum atomic E-state index is 15.2. The number of carbonyl (C=O) groups is 1. The number of anilines is 1. The molecule has 0 unspecified atom stereocenters. The van der Waals surface area contributed by atoms with Crippen molar-refractivity contribution in [2.24, 2.45) is 0 Å². The van der Waals surface area contributed by atoms with Gasteiger partial charge in [0.25, 0.3) is 5.91 Å². The summed E-state index contributed by atoms with van der Waals surface area (Å²) in [6.45, 7) is 2.63. The zero-order valence-corrected chi connectivity index (χ0v) is 19.6. The van der Waals surface area contributed by atoms with Crippen LogP contribution < -0.4 is 10.1 Å². The Morgan fingerprint density at radius 3 is 2.76 bits per heavy atom. The lowest BCUT2D eigenvalue weighted by atomic mass is 9.99. The lowest BCUT2D eigenvalue weighted by molar-refractivity contribution is 0.0822. The molecule has 0 radical (unpaired) electrons. The van der Waals surface area contributed by atoms with Crippen LogP contribution in [0.4, 0.5) is 10.2 Å². The molecule has 0 bridgehead atoms. The van der Waals surface area contributed by atoms with Gasteiger partial charge in [0.05, 0.1) is 23.5 Å². The molecule has 1 amide bonds. The first-order valence-corrected chi connectivity index (χ1v) is 11.0. The van der Waals surface area contributed by atoms with Crippen molar-refractivity contribution in [3.8, 4) is 16.9 Å². The fourth-order valence-corrected chi connectivity index (χ4v) is 3.75. The maximum absolute atomic E-state index is 15.2. The van der Waals surface area contributed by atoms with Crippen molar-refractivity contribution >= 4 is 34.5 Å². The van der Waals surface area contributed by atoms with Gasteiger partial charge >= 0.3 is 0 Å². The molecule has 4 rings (SSSR count). The molecular formula is C23H23ClFN7O2. The van der Waals surface area contributed by atoms with Crippen LogP contribution >= 0.6 is 11.6 Å². The van der Waals surface area contributed by atoms with Gasteiger partial charge in [0.1, 0.15) is 23.3 Å². The average molecular weight is 484 g/mol. The van der Waals surface area contributed by atoms with E-state index < -0.39 is 5.82 Å². The molecule has 11 heteroatoms. The number of amides is 1. The van der Waals surface area contributed by atoms with Crippen molar-refractivity contribution in [2.75, 3.05) is 32.6 Å². The van der Waals surface area contributed by atoms with Gasteiger partial charge in [-0.15, -0.1) is 0 Å². The van der Waals surface area contributed by atoms with Crippen molar-refractivity contribution < 1.29 is 13.9 Å². The van der Waals surface area contributed by atoms with Crippen LogP contribution in [0.1, 0.15) is 23.0 Å². The number of hydrogen-bond donors (Lipinski definition) is 2. The van der Waals surface area contributed by atoms with E-state index in [4.69, 9.17) is 16.3 Å². The Morgan fingerprint density at radius 1 is 1.24 bits per heavy atom. The van der Waals surface area contributed by atoms with Crippen LogP contribution in [0.3, 0.4) is 0 Å². The van der Waals surface area contributed by atoms with Gasteiger partial charge in [-0.1, -0.05) is 17.7 Å². The molecule has 0 saturated heterocycles. The topological polar surface area (TPSA) is 109 Å². The first-order valence-electron chi connectivity index (χ1n) is 10.6. The fourth-order valence-electron chi connectivity index (χ4n) is 3.53. The molecule has 176 valence electrons. The fraction of sp³-hybridized carbons (Fsp3) is 0.261. The SMILES string of the molecule is CCOc1c(CCNc2ncnc3nc[nH]c23)cc(Cl)c(F)c1-c1ccc(C(=O)N(C)C)nc1. The number of ether oxygens (including phenoxy) is 1. The van der Waals surface area contributed by atoms with E-state index in [1.165, 1.54) is 17.4 Å². The summed E-state index contributed by atoms with van der Waals surface area (Å²) in [5.74, 6) is 0.143. The minimum atomic E-state index is -0.606. The first kappa shape index (κ1) is 23.4. The highest BCUT2D eigenvalue weighted by Crippen LogP contribution is 2.39. The smallest absolute Gasteiger partial charge is 0.271 e. The Bertz CT molecular complexity index is 1330. The van der Waals surface area contributed by atoms with Crippen LogP contribution in [-0.2, 0) is 6.42 Å². The number of aromatic nitrogens is 5. The van der Waals surface area contributed by atoms with Gasteiger partial charge in [-0.25, -0.2) is 19.3 Å². The summed E-state index contributed by atoms with van der Waals surface area (Å²) in [6, 6.07) is 4.76. The van der Waals surface area contributed by atoms with Crippen molar-refractivity contribution in [1.29, 1.82) is 0 Å².